The summed E-state index contributed by atoms with van der Waals surface area (Å²) in [5.41, 5.74) is 0. The highest BCUT2D eigenvalue weighted by Crippen LogP contribution is 2.16. The molecule has 0 spiro atoms. The molecule has 0 aromatic carbocycles. The van der Waals surface area contributed by atoms with Crippen molar-refractivity contribution in [3.63, 3.8) is 0 Å². The zero-order valence-corrected chi connectivity index (χ0v) is 32.3. The van der Waals surface area contributed by atoms with E-state index in [1.54, 1.807) is 0 Å². The number of hydrogen-bond acceptors (Lipinski definition) is 4. The maximum absolute atomic E-state index is 12.7. The van der Waals surface area contributed by atoms with E-state index in [-0.39, 0.29) is 24.5 Å². The van der Waals surface area contributed by atoms with Gasteiger partial charge in [-0.3, -0.25) is 14.4 Å². The van der Waals surface area contributed by atoms with E-state index in [9.17, 15) is 14.4 Å². The van der Waals surface area contributed by atoms with Gasteiger partial charge in [-0.15, -0.1) is 0 Å². The summed E-state index contributed by atoms with van der Waals surface area (Å²) >= 11 is 0. The van der Waals surface area contributed by atoms with Crippen LogP contribution < -0.4 is 5.32 Å². The molecule has 0 aliphatic rings. The maximum atomic E-state index is 12.7. The molecule has 286 valence electrons. The molecule has 0 fully saturated rings. The average molecular weight is 690 g/mol. The second kappa shape index (κ2) is 38.7. The Kier molecular flexibility index (Phi) is 37.0. The lowest BCUT2D eigenvalue weighted by Crippen LogP contribution is -2.28. The highest BCUT2D eigenvalue weighted by molar-refractivity contribution is 5.80. The summed E-state index contributed by atoms with van der Waals surface area (Å²) in [6, 6.07) is 0. The predicted molar refractivity (Wildman–Crippen MR) is 208 cm³/mol. The van der Waals surface area contributed by atoms with Gasteiger partial charge in [0.1, 0.15) is 12.6 Å². The fourth-order valence-corrected chi connectivity index (χ4v) is 6.18. The van der Waals surface area contributed by atoms with Gasteiger partial charge in [0.2, 0.25) is 5.91 Å². The summed E-state index contributed by atoms with van der Waals surface area (Å²) in [6.07, 6.45) is 46.1. The lowest BCUT2D eigenvalue weighted by atomic mass is 10.0. The Balaban J connectivity index is 4.06. The molecule has 6 nitrogen and oxygen atoms in total. The van der Waals surface area contributed by atoms with Crippen molar-refractivity contribution in [3.8, 4) is 0 Å². The highest BCUT2D eigenvalue weighted by Gasteiger charge is 2.11. The monoisotopic (exact) mass is 690 g/mol. The van der Waals surface area contributed by atoms with Crippen LogP contribution in [0.5, 0.6) is 0 Å². The molecule has 0 aromatic rings. The van der Waals surface area contributed by atoms with Crippen molar-refractivity contribution < 1.29 is 24.2 Å². The van der Waals surface area contributed by atoms with Crippen molar-refractivity contribution in [2.45, 2.75) is 225 Å². The van der Waals surface area contributed by atoms with Crippen molar-refractivity contribution in [3.05, 3.63) is 24.3 Å². The van der Waals surface area contributed by atoms with E-state index in [1.165, 1.54) is 128 Å². The molecular formula is C43H79NO5. The number of carboxylic acids is 1. The summed E-state index contributed by atoms with van der Waals surface area (Å²) < 4.78 is 5.94. The SMILES string of the molecule is CCCCCCCC/C=C\C(CCCCCCCCC(=O)NCC(=O)O)OC(=O)CCCCCCCCC/C=C\CCCCCCCCC. The zero-order chi connectivity index (χ0) is 35.9. The van der Waals surface area contributed by atoms with E-state index >= 15 is 0 Å². The van der Waals surface area contributed by atoms with Crippen molar-refractivity contribution >= 4 is 17.8 Å². The fraction of sp³-hybridized carbons (Fsp3) is 0.837. The molecule has 1 unspecified atom stereocenters. The Morgan fingerprint density at radius 1 is 0.531 bits per heavy atom. The van der Waals surface area contributed by atoms with E-state index < -0.39 is 5.97 Å². The van der Waals surface area contributed by atoms with Gasteiger partial charge in [-0.1, -0.05) is 160 Å². The van der Waals surface area contributed by atoms with E-state index in [2.05, 4.69) is 43.5 Å². The Morgan fingerprint density at radius 3 is 1.43 bits per heavy atom. The van der Waals surface area contributed by atoms with E-state index in [0.29, 0.717) is 12.8 Å². The van der Waals surface area contributed by atoms with Gasteiger partial charge < -0.3 is 15.2 Å². The van der Waals surface area contributed by atoms with Crippen molar-refractivity contribution in [1.82, 2.24) is 5.32 Å². The Hall–Kier alpha value is -2.11. The van der Waals surface area contributed by atoms with Crippen molar-refractivity contribution in [2.75, 3.05) is 6.54 Å². The van der Waals surface area contributed by atoms with Gasteiger partial charge in [0.15, 0.2) is 0 Å². The number of carbonyl (C=O) groups is 3. The number of carboxylic acid groups (broad SMARTS) is 1. The number of hydrogen-bond donors (Lipinski definition) is 2. The van der Waals surface area contributed by atoms with Gasteiger partial charge in [-0.05, 0) is 70.3 Å². The third kappa shape index (κ3) is 38.5. The second-order valence-electron chi connectivity index (χ2n) is 14.2. The summed E-state index contributed by atoms with van der Waals surface area (Å²) in [7, 11) is 0. The molecule has 0 aromatic heterocycles. The molecule has 0 rings (SSSR count). The topological polar surface area (TPSA) is 92.7 Å². The van der Waals surface area contributed by atoms with E-state index in [0.717, 1.165) is 64.2 Å². The number of carbonyl (C=O) groups excluding carboxylic acids is 2. The summed E-state index contributed by atoms with van der Waals surface area (Å²) in [6.45, 7) is 4.21. The Morgan fingerprint density at radius 2 is 0.939 bits per heavy atom. The summed E-state index contributed by atoms with van der Waals surface area (Å²) in [4.78, 5) is 34.8. The molecule has 0 radical (unpaired) electrons. The number of amides is 1. The first-order valence-corrected chi connectivity index (χ1v) is 21.0. The predicted octanol–water partition coefficient (Wildman–Crippen LogP) is 12.7. The Labute approximate surface area is 303 Å². The normalized spacial score (nSPS) is 12.2. The van der Waals surface area contributed by atoms with Crippen LogP contribution in [-0.2, 0) is 19.1 Å². The number of ether oxygens (including phenoxy) is 1. The first kappa shape index (κ1) is 46.9. The number of allylic oxidation sites excluding steroid dienone is 3. The van der Waals surface area contributed by atoms with E-state index in [1.807, 2.05) is 0 Å². The largest absolute Gasteiger partial charge is 0.480 e. The molecule has 6 heteroatoms. The standard InChI is InChI=1S/C43H79NO5/c1-3-5-7-9-11-13-14-15-16-17-18-19-20-21-22-24-30-34-38-43(48)49-40(35-31-27-23-12-10-8-6-4-2)36-32-28-25-26-29-33-37-41(45)44-39-42(46)47/h16-17,31,35,40H,3-15,18-30,32-34,36-39H2,1-2H3,(H,44,45)(H,46,47)/b17-16-,35-31-. The first-order valence-electron chi connectivity index (χ1n) is 21.0. The van der Waals surface area contributed by atoms with Crippen LogP contribution >= 0.6 is 0 Å². The smallest absolute Gasteiger partial charge is 0.322 e. The van der Waals surface area contributed by atoms with Gasteiger partial charge in [0.05, 0.1) is 0 Å². The molecular weight excluding hydrogens is 610 g/mol. The third-order valence-corrected chi connectivity index (χ3v) is 9.33. The molecule has 2 N–H and O–H groups in total. The van der Waals surface area contributed by atoms with Crippen LogP contribution in [0, 0.1) is 0 Å². The molecule has 0 heterocycles. The van der Waals surface area contributed by atoms with Crippen molar-refractivity contribution in [2.24, 2.45) is 0 Å². The van der Waals surface area contributed by atoms with Gasteiger partial charge in [-0.25, -0.2) is 0 Å². The molecule has 0 bridgehead atoms. The third-order valence-electron chi connectivity index (χ3n) is 9.33. The minimum atomic E-state index is -1.02. The van der Waals surface area contributed by atoms with Crippen LogP contribution in [0.2, 0.25) is 0 Å². The lowest BCUT2D eigenvalue weighted by Gasteiger charge is -2.15. The molecule has 0 saturated heterocycles. The number of esters is 1. The average Bonchev–Trinajstić information content (AvgIpc) is 3.08. The number of nitrogens with one attached hydrogen (secondary N) is 1. The van der Waals surface area contributed by atoms with Gasteiger partial charge in [0, 0.05) is 12.8 Å². The molecule has 0 aliphatic carbocycles. The highest BCUT2D eigenvalue weighted by atomic mass is 16.5. The Bertz CT molecular complexity index is 808. The molecule has 49 heavy (non-hydrogen) atoms. The lowest BCUT2D eigenvalue weighted by molar-refractivity contribution is -0.147. The van der Waals surface area contributed by atoms with Crippen molar-refractivity contribution in [1.29, 1.82) is 0 Å². The zero-order valence-electron chi connectivity index (χ0n) is 32.3. The number of unbranched alkanes of at least 4 members (excludes halogenated alkanes) is 25. The van der Waals surface area contributed by atoms with Crippen LogP contribution in [0.15, 0.2) is 24.3 Å². The fourth-order valence-electron chi connectivity index (χ4n) is 6.18. The minimum Gasteiger partial charge on any atom is -0.480 e. The van der Waals surface area contributed by atoms with Crippen LogP contribution in [0.4, 0.5) is 0 Å². The van der Waals surface area contributed by atoms with Gasteiger partial charge >= 0.3 is 11.9 Å². The quantitative estimate of drug-likeness (QED) is 0.0382. The minimum absolute atomic E-state index is 0.0568. The molecule has 0 aliphatic heterocycles. The maximum Gasteiger partial charge on any atom is 0.322 e. The van der Waals surface area contributed by atoms with Gasteiger partial charge in [0.25, 0.3) is 0 Å². The number of aliphatic carboxylic acids is 1. The summed E-state index contributed by atoms with van der Waals surface area (Å²) in [5, 5.41) is 11.0. The van der Waals surface area contributed by atoms with Crippen LogP contribution in [-0.4, -0.2) is 35.6 Å². The molecule has 1 atom stereocenters. The van der Waals surface area contributed by atoms with Crippen LogP contribution in [0.25, 0.3) is 0 Å². The number of rotatable bonds is 38. The van der Waals surface area contributed by atoms with Crippen LogP contribution in [0.3, 0.4) is 0 Å². The molecule has 1 amide bonds. The first-order chi connectivity index (χ1) is 24.0. The molecule has 0 saturated carbocycles. The summed E-state index contributed by atoms with van der Waals surface area (Å²) in [5.74, 6) is -1.26. The second-order valence-corrected chi connectivity index (χ2v) is 14.2. The van der Waals surface area contributed by atoms with Crippen LogP contribution in [0.1, 0.15) is 219 Å². The van der Waals surface area contributed by atoms with E-state index in [4.69, 9.17) is 9.84 Å². The van der Waals surface area contributed by atoms with Gasteiger partial charge in [-0.2, -0.15) is 0 Å².